The highest BCUT2D eigenvalue weighted by atomic mass is 35.5. The lowest BCUT2D eigenvalue weighted by Gasteiger charge is -2.69. The van der Waals surface area contributed by atoms with Crippen LogP contribution in [-0.2, 0) is 64.4 Å². The Morgan fingerprint density at radius 2 is 0.762 bits per heavy atom. The van der Waals surface area contributed by atoms with Gasteiger partial charge in [0, 0.05) is 88.5 Å². The number of carbonyl (C=O) groups excluding carboxylic acids is 8. The highest BCUT2D eigenvalue weighted by Crippen LogP contribution is 2.70. The summed E-state index contributed by atoms with van der Waals surface area (Å²) in [5.41, 5.74) is 2.30. The number of hydrogen-bond donors (Lipinski definition) is 8. The molecule has 0 saturated heterocycles. The maximum atomic E-state index is 13.4. The lowest BCUT2D eigenvalue weighted by Crippen LogP contribution is -2.78. The van der Waals surface area contributed by atoms with Gasteiger partial charge >= 0.3 is 6.61 Å². The summed E-state index contributed by atoms with van der Waals surface area (Å²) in [5, 5.41) is 25.9. The van der Waals surface area contributed by atoms with E-state index in [1.165, 1.54) is 30.3 Å². The van der Waals surface area contributed by atoms with Gasteiger partial charge in [-0.1, -0.05) is 112 Å². The van der Waals surface area contributed by atoms with Gasteiger partial charge in [-0.25, -0.2) is 8.78 Å². The Bertz CT molecular complexity index is 5210. The molecule has 20 rings (SSSR count). The Morgan fingerprint density at radius 3 is 1.15 bits per heavy atom. The van der Waals surface area contributed by atoms with Crippen molar-refractivity contribution < 1.29 is 84.3 Å². The number of pyridine rings is 1. The van der Waals surface area contributed by atoms with Crippen LogP contribution in [0.15, 0.2) is 164 Å². The molecular formula is C89H89Cl6F4N9O14. The van der Waals surface area contributed by atoms with E-state index >= 15 is 0 Å². The monoisotopic (exact) mass is 1790 g/mol. The van der Waals surface area contributed by atoms with Crippen LogP contribution in [-0.4, -0.2) is 121 Å². The first-order valence-electron chi connectivity index (χ1n) is 39.5. The second kappa shape index (κ2) is 37.4. The van der Waals surface area contributed by atoms with Gasteiger partial charge in [-0.3, -0.25) is 43.3 Å². The largest absolute Gasteiger partial charge is 0.494 e. The van der Waals surface area contributed by atoms with E-state index in [9.17, 15) is 55.9 Å². The fourth-order valence-corrected chi connectivity index (χ4v) is 18.4. The molecule has 122 heavy (non-hydrogen) atoms. The average molecular weight is 1800 g/mol. The Labute approximate surface area is 731 Å². The quantitative estimate of drug-likeness (QED) is 0.0177. The number of alkyl halides is 2. The number of nitrogens with one attached hydrogen (secondary N) is 8. The van der Waals surface area contributed by atoms with E-state index in [0.29, 0.717) is 140 Å². The Balaban J connectivity index is 0.000000140. The SMILES string of the molecule is CCOc1ccc(CNC(=O)C23CC(NC(=O)COc4ccc(Cl)c(F)c4)(C2)C3)cc1.Cc1cc(OCC(=O)NC23CC(C(=O)NCCc4cccnc4)(C2)C3)ccc1Cl.Cc1cc(OCC(=O)NC23CC(C(=O)NCc4ccc(Cl)c(Cl)c4)(C2)C3)ccc1Cl.O=C(COc1ccc(Cl)c(F)c1)NC12CC(C(=O)NCc3ccccc3OC(F)F)(C1)C2. The van der Waals surface area contributed by atoms with Crippen molar-refractivity contribution in [1.82, 2.24) is 47.5 Å². The molecule has 8 N–H and O–H groups in total. The molecule has 8 bridgehead atoms. The molecule has 12 fully saturated rings. The summed E-state index contributed by atoms with van der Waals surface area (Å²) >= 11 is 35.1. The van der Waals surface area contributed by atoms with Crippen molar-refractivity contribution in [2.45, 2.75) is 153 Å². The van der Waals surface area contributed by atoms with Gasteiger partial charge < -0.3 is 71.0 Å². The number of benzene rings is 7. The number of ether oxygens (including phenoxy) is 6. The van der Waals surface area contributed by atoms with Gasteiger partial charge in [-0.05, 0) is 229 Å². The van der Waals surface area contributed by atoms with Gasteiger partial charge in [0.2, 0.25) is 23.6 Å². The highest BCUT2D eigenvalue weighted by molar-refractivity contribution is 6.42. The summed E-state index contributed by atoms with van der Waals surface area (Å²) in [6, 6.07) is 41.6. The van der Waals surface area contributed by atoms with Crippen molar-refractivity contribution in [3.05, 3.63) is 239 Å². The predicted molar refractivity (Wildman–Crippen MR) is 449 cm³/mol. The van der Waals surface area contributed by atoms with Gasteiger partial charge in [0.15, 0.2) is 26.4 Å². The van der Waals surface area contributed by atoms with Crippen LogP contribution in [0.1, 0.15) is 117 Å². The number of halogens is 10. The molecule has 23 nitrogen and oxygen atoms in total. The number of para-hydroxylation sites is 1. The molecule has 12 aliphatic rings. The fourth-order valence-electron chi connectivity index (χ4n) is 17.7. The van der Waals surface area contributed by atoms with Crippen molar-refractivity contribution in [2.75, 3.05) is 39.6 Å². The molecule has 644 valence electrons. The van der Waals surface area contributed by atoms with E-state index in [2.05, 4.69) is 52.3 Å². The van der Waals surface area contributed by atoms with Gasteiger partial charge in [-0.2, -0.15) is 8.78 Å². The zero-order valence-corrected chi connectivity index (χ0v) is 71.2. The Hall–Kier alpha value is -10.3. The number of nitrogens with zero attached hydrogens (tertiary/aromatic N) is 1. The number of aryl methyl sites for hydroxylation is 2. The molecule has 7 aromatic carbocycles. The molecule has 33 heteroatoms. The van der Waals surface area contributed by atoms with Crippen molar-refractivity contribution in [3.63, 3.8) is 0 Å². The average Bonchev–Trinajstić information content (AvgIpc) is 0.693. The number of rotatable bonds is 33. The van der Waals surface area contributed by atoms with Crippen LogP contribution in [0.2, 0.25) is 30.1 Å². The molecule has 1 aromatic heterocycles. The summed E-state index contributed by atoms with van der Waals surface area (Å²) in [5.74, 6) is 0.141. The highest BCUT2D eigenvalue weighted by Gasteiger charge is 2.75. The van der Waals surface area contributed by atoms with Gasteiger partial charge in [-0.15, -0.1) is 0 Å². The number of amides is 8. The summed E-state index contributed by atoms with van der Waals surface area (Å²) in [7, 11) is 0. The minimum Gasteiger partial charge on any atom is -0.494 e. The zero-order chi connectivity index (χ0) is 87.0. The first kappa shape index (κ1) is 89.5. The normalized spacial score (nSPS) is 23.5. The van der Waals surface area contributed by atoms with Crippen molar-refractivity contribution in [2.24, 2.45) is 21.7 Å². The minimum absolute atomic E-state index is 0.00299. The maximum absolute atomic E-state index is 13.4. The topological polar surface area (TPSA) is 301 Å². The molecule has 8 aromatic rings. The van der Waals surface area contributed by atoms with E-state index in [4.69, 9.17) is 93.3 Å². The van der Waals surface area contributed by atoms with Crippen LogP contribution in [0, 0.1) is 47.1 Å². The zero-order valence-electron chi connectivity index (χ0n) is 66.7. The van der Waals surface area contributed by atoms with Crippen LogP contribution < -0.4 is 71.0 Å². The molecule has 1 heterocycles. The molecule has 8 amide bonds. The molecule has 0 radical (unpaired) electrons. The smallest absolute Gasteiger partial charge is 0.387 e. The van der Waals surface area contributed by atoms with Gasteiger partial charge in [0.25, 0.3) is 23.6 Å². The third-order valence-electron chi connectivity index (χ3n) is 23.4. The van der Waals surface area contributed by atoms with E-state index in [1.54, 1.807) is 66.9 Å². The second-order valence-electron chi connectivity index (χ2n) is 32.9. The van der Waals surface area contributed by atoms with E-state index in [1.807, 2.05) is 75.5 Å². The first-order chi connectivity index (χ1) is 58.1. The standard InChI is InChI=1S/C23H24ClFN2O4.C22H21Cl3N2O3.C22H20ClF3N2O4.C22H24ClN3O3/c1-2-30-16-5-3-15(4-6-16)10-26-21(29)22-12-23(13-22,14-22)27-20(28)11-31-17-7-8-18(24)19(25)9-17;1-13-6-15(3-5-16(13)23)30-9-19(28)27-22-10-21(11-22,12-22)20(29)26-8-14-2-4-17(24)18(25)7-14;23-15-6-5-14(7-16(15)24)31-9-18(29)28-22-10-21(11-22,12-22)19(30)27-8-13-3-1-2-4-17(13)32-20(25)26;1-15-9-17(4-5-18(15)23)29-11-19(27)26-22-12-21(13-22,14-22)20(28)25-8-6-16-3-2-7-24-10-16/h3-9H,2,10-14H2,1H3,(H,26,29)(H,27,28);2-7H,8-12H2,1H3,(H,26,29)(H,27,28);1-7,20H,8-12H2,(H,27,30)(H,28,29);2-5,7,9-10H,6,8,11-14H2,1H3,(H,25,28)(H,26,27). The first-order valence-corrected chi connectivity index (χ1v) is 41.8. The number of hydrogen-bond acceptors (Lipinski definition) is 15. The summed E-state index contributed by atoms with van der Waals surface area (Å²) in [4.78, 5) is 103. The van der Waals surface area contributed by atoms with Gasteiger partial charge in [0.05, 0.1) is 48.4 Å². The lowest BCUT2D eigenvalue weighted by molar-refractivity contribution is -0.184. The minimum atomic E-state index is -2.95. The molecule has 0 aliphatic heterocycles. The number of carbonyl (C=O) groups is 8. The third kappa shape index (κ3) is 21.1. The van der Waals surface area contributed by atoms with Crippen LogP contribution in [0.5, 0.6) is 34.5 Å². The molecular weight excluding hydrogens is 1710 g/mol. The molecule has 0 atom stereocenters. The van der Waals surface area contributed by atoms with Crippen LogP contribution in [0.3, 0.4) is 0 Å². The van der Waals surface area contributed by atoms with E-state index < -0.39 is 34.6 Å². The van der Waals surface area contributed by atoms with Crippen LogP contribution >= 0.6 is 69.6 Å². The van der Waals surface area contributed by atoms with E-state index in [-0.39, 0.29) is 135 Å². The maximum Gasteiger partial charge on any atom is 0.387 e. The third-order valence-corrected chi connectivity index (χ3v) is 25.6. The molecule has 12 saturated carbocycles. The second-order valence-corrected chi connectivity index (χ2v) is 35.4. The molecule has 0 spiro atoms. The molecule has 0 unspecified atom stereocenters. The lowest BCUT2D eigenvalue weighted by atomic mass is 9.39. The fraction of sp³-hybridized carbons (Fsp3) is 0.382. The van der Waals surface area contributed by atoms with Gasteiger partial charge in [0.1, 0.15) is 46.1 Å². The van der Waals surface area contributed by atoms with Crippen LogP contribution in [0.25, 0.3) is 0 Å². The number of aromatic nitrogens is 1. The summed E-state index contributed by atoms with van der Waals surface area (Å²) < 4.78 is 83.5. The van der Waals surface area contributed by atoms with Crippen molar-refractivity contribution in [1.29, 1.82) is 0 Å². The van der Waals surface area contributed by atoms with Crippen LogP contribution in [0.4, 0.5) is 17.6 Å². The molecule has 12 aliphatic carbocycles. The van der Waals surface area contributed by atoms with E-state index in [0.717, 1.165) is 52.1 Å². The van der Waals surface area contributed by atoms with Crippen molar-refractivity contribution >= 4 is 117 Å². The summed E-state index contributed by atoms with van der Waals surface area (Å²) in [6.07, 6.45) is 11.7. The van der Waals surface area contributed by atoms with Crippen molar-refractivity contribution in [3.8, 4) is 34.5 Å². The Morgan fingerprint density at radius 1 is 0.393 bits per heavy atom. The predicted octanol–water partition coefficient (Wildman–Crippen LogP) is 14.9. The Kier molecular flexibility index (Phi) is 27.4. The summed E-state index contributed by atoms with van der Waals surface area (Å²) in [6.45, 7) is 4.24.